The molecule has 80 heavy (non-hydrogen) atoms. The Bertz CT molecular complexity index is 1950. The molecule has 2 unspecified atom stereocenters. The molecule has 0 aromatic rings. The van der Waals surface area contributed by atoms with Gasteiger partial charge in [0.15, 0.2) is 6.10 Å². The van der Waals surface area contributed by atoms with Crippen molar-refractivity contribution in [2.45, 2.75) is 213 Å². The molecule has 0 aromatic heterocycles. The van der Waals surface area contributed by atoms with Gasteiger partial charge in [0, 0.05) is 12.8 Å². The Labute approximate surface area is 489 Å². The molecule has 0 aliphatic rings. The molecule has 0 radical (unpaired) electrons. The van der Waals surface area contributed by atoms with Crippen LogP contribution < -0.4 is 4.89 Å². The van der Waals surface area contributed by atoms with Crippen molar-refractivity contribution in [3.05, 3.63) is 170 Å². The van der Waals surface area contributed by atoms with E-state index in [0.717, 1.165) is 122 Å². The first kappa shape index (κ1) is 75.4. The minimum absolute atomic E-state index is 0.0492. The Morgan fingerprint density at radius 1 is 0.388 bits per heavy atom. The summed E-state index contributed by atoms with van der Waals surface area (Å²) >= 11 is 0. The van der Waals surface area contributed by atoms with Crippen molar-refractivity contribution >= 4 is 19.8 Å². The highest BCUT2D eigenvalue weighted by atomic mass is 31.2. The minimum atomic E-state index is -4.66. The van der Waals surface area contributed by atoms with Gasteiger partial charge in [0.1, 0.15) is 19.8 Å². The maximum atomic E-state index is 12.8. The molecule has 0 bridgehead atoms. The van der Waals surface area contributed by atoms with Crippen LogP contribution in [0, 0.1) is 0 Å². The van der Waals surface area contributed by atoms with Gasteiger partial charge in [-0.1, -0.05) is 242 Å². The molecule has 0 amide bonds. The summed E-state index contributed by atoms with van der Waals surface area (Å²) in [6, 6.07) is 0. The first-order valence-electron chi connectivity index (χ1n) is 30.8. The fraction of sp³-hybridized carbons (Fsp3) is 0.571. The zero-order chi connectivity index (χ0) is 58.4. The minimum Gasteiger partial charge on any atom is -0.756 e. The summed E-state index contributed by atoms with van der Waals surface area (Å²) in [5, 5.41) is 0. The SMILES string of the molecule is CC/C=C\C/C=C\C/C=C\C/C=C\C/C=C\C/C=C\C/C=C\C/C=C\C/C=C\CCCCCCCCCCCCCC(=O)OC(COC(=O)CCC/C=C\C/C=C\C/C=C\C/C=C\C/C=C\CC)COP(=O)([O-])OCC[N+](C)(C)C. The standard InChI is InChI=1S/C70H112NO8P/c1-6-8-10-12-14-16-18-20-22-24-25-26-27-28-29-30-31-32-33-34-35-36-37-38-39-40-41-42-43-44-45-47-49-51-53-55-57-59-61-63-70(73)79-68(67-78-80(74,75)77-65-64-71(3,4)5)66-76-69(72)62-60-58-56-54-52-50-48-46-23-21-19-17-15-13-11-9-7-2/h8-11,14-17,20-23,25-26,28-29,31-32,34-35,37-38,40-41,48,50,54,56,68H,6-7,12-13,18-19,24,27,30,33,36,39,42-47,49,51-53,55,57-67H2,1-5H3/b10-8-,11-9-,16-14-,17-15-,22-20-,23-21-,26-25-,29-28-,32-31-,35-34-,38-37-,41-40-,50-48-,56-54-. The molecule has 0 aliphatic carbocycles. The van der Waals surface area contributed by atoms with Crippen LogP contribution in [0.2, 0.25) is 0 Å². The highest BCUT2D eigenvalue weighted by Crippen LogP contribution is 2.38. The Morgan fingerprint density at radius 3 is 1.04 bits per heavy atom. The van der Waals surface area contributed by atoms with E-state index in [2.05, 4.69) is 178 Å². The number of carbonyl (C=O) groups excluding carboxylic acids is 2. The first-order valence-corrected chi connectivity index (χ1v) is 32.3. The molecule has 9 nitrogen and oxygen atoms in total. The van der Waals surface area contributed by atoms with Crippen LogP contribution in [0.3, 0.4) is 0 Å². The van der Waals surface area contributed by atoms with Crippen LogP contribution in [0.5, 0.6) is 0 Å². The van der Waals surface area contributed by atoms with E-state index >= 15 is 0 Å². The summed E-state index contributed by atoms with van der Waals surface area (Å²) in [6.45, 7) is 3.91. The number of phosphoric acid groups is 1. The Morgan fingerprint density at radius 2 is 0.688 bits per heavy atom. The van der Waals surface area contributed by atoms with E-state index < -0.39 is 32.5 Å². The maximum Gasteiger partial charge on any atom is 0.306 e. The molecule has 0 saturated heterocycles. The van der Waals surface area contributed by atoms with Gasteiger partial charge in [-0.25, -0.2) is 0 Å². The number of carbonyl (C=O) groups is 2. The van der Waals surface area contributed by atoms with E-state index in [-0.39, 0.29) is 26.1 Å². The lowest BCUT2D eigenvalue weighted by molar-refractivity contribution is -0.870. The van der Waals surface area contributed by atoms with Crippen molar-refractivity contribution in [3.63, 3.8) is 0 Å². The van der Waals surface area contributed by atoms with Crippen molar-refractivity contribution in [2.24, 2.45) is 0 Å². The molecule has 0 spiro atoms. The number of phosphoric ester groups is 1. The predicted octanol–water partition coefficient (Wildman–Crippen LogP) is 19.2. The number of likely N-dealkylation sites (N-methyl/N-ethyl adjacent to an activating group) is 1. The summed E-state index contributed by atoms with van der Waals surface area (Å²) in [4.78, 5) is 37.8. The molecule has 0 aliphatic heterocycles. The van der Waals surface area contributed by atoms with Gasteiger partial charge in [0.25, 0.3) is 7.82 Å². The van der Waals surface area contributed by atoms with Gasteiger partial charge >= 0.3 is 11.9 Å². The molecule has 0 N–H and O–H groups in total. The van der Waals surface area contributed by atoms with E-state index in [1.165, 1.54) is 44.9 Å². The van der Waals surface area contributed by atoms with E-state index in [1.54, 1.807) is 0 Å². The number of unbranched alkanes of at least 4 members (excludes halogenated alkanes) is 12. The second-order valence-electron chi connectivity index (χ2n) is 20.9. The van der Waals surface area contributed by atoms with Crippen LogP contribution in [-0.4, -0.2) is 70.0 Å². The van der Waals surface area contributed by atoms with Crippen LogP contribution >= 0.6 is 7.82 Å². The molecular formula is C70H112NO8P. The van der Waals surface area contributed by atoms with E-state index in [1.807, 2.05) is 27.2 Å². The van der Waals surface area contributed by atoms with Gasteiger partial charge in [-0.15, -0.1) is 0 Å². The number of hydrogen-bond donors (Lipinski definition) is 0. The second kappa shape index (κ2) is 59.0. The van der Waals surface area contributed by atoms with Crippen LogP contribution in [0.25, 0.3) is 0 Å². The van der Waals surface area contributed by atoms with E-state index in [9.17, 15) is 19.0 Å². The summed E-state index contributed by atoms with van der Waals surface area (Å²) < 4.78 is 34.1. The molecule has 10 heteroatoms. The van der Waals surface area contributed by atoms with Crippen molar-refractivity contribution in [3.8, 4) is 0 Å². The zero-order valence-electron chi connectivity index (χ0n) is 50.9. The predicted molar refractivity (Wildman–Crippen MR) is 341 cm³/mol. The zero-order valence-corrected chi connectivity index (χ0v) is 51.8. The highest BCUT2D eigenvalue weighted by Gasteiger charge is 2.21. The summed E-state index contributed by atoms with van der Waals surface area (Å²) in [5.74, 6) is -0.918. The maximum absolute atomic E-state index is 12.8. The molecule has 2 atom stereocenters. The summed E-state index contributed by atoms with van der Waals surface area (Å²) in [5.41, 5.74) is 0. The number of allylic oxidation sites excluding steroid dienone is 28. The molecular weight excluding hydrogens is 1010 g/mol. The Balaban J connectivity index is 4.16. The van der Waals surface area contributed by atoms with Gasteiger partial charge < -0.3 is 27.9 Å². The van der Waals surface area contributed by atoms with Gasteiger partial charge in [-0.2, -0.15) is 0 Å². The normalized spacial score (nSPS) is 14.4. The van der Waals surface area contributed by atoms with Crippen LogP contribution in [0.4, 0.5) is 0 Å². The van der Waals surface area contributed by atoms with Crippen molar-refractivity contribution in [2.75, 3.05) is 47.5 Å². The third-order valence-corrected chi connectivity index (χ3v) is 13.2. The van der Waals surface area contributed by atoms with Crippen LogP contribution in [-0.2, 0) is 32.7 Å². The number of esters is 2. The third-order valence-electron chi connectivity index (χ3n) is 12.2. The average Bonchev–Trinajstić information content (AvgIpc) is 3.42. The molecule has 0 fully saturated rings. The Hall–Kier alpha value is -4.63. The smallest absolute Gasteiger partial charge is 0.306 e. The van der Waals surface area contributed by atoms with E-state index in [4.69, 9.17) is 18.5 Å². The quantitative estimate of drug-likeness (QED) is 0.0195. The van der Waals surface area contributed by atoms with Gasteiger partial charge in [0.05, 0.1) is 27.7 Å². The first-order chi connectivity index (χ1) is 39.0. The average molecular weight is 1130 g/mol. The van der Waals surface area contributed by atoms with Crippen molar-refractivity contribution in [1.82, 2.24) is 0 Å². The fourth-order valence-electron chi connectivity index (χ4n) is 7.57. The highest BCUT2D eigenvalue weighted by molar-refractivity contribution is 7.45. The fourth-order valence-corrected chi connectivity index (χ4v) is 8.29. The van der Waals surface area contributed by atoms with Gasteiger partial charge in [0.2, 0.25) is 0 Å². The van der Waals surface area contributed by atoms with E-state index in [0.29, 0.717) is 23.9 Å². The Kier molecular flexibility index (Phi) is 55.6. The van der Waals surface area contributed by atoms with Crippen LogP contribution in [0.1, 0.15) is 206 Å². The number of quaternary nitrogens is 1. The number of rotatable bonds is 54. The summed E-state index contributed by atoms with van der Waals surface area (Å²) in [7, 11) is 1.11. The lowest BCUT2D eigenvalue weighted by atomic mass is 10.0. The number of hydrogen-bond acceptors (Lipinski definition) is 8. The largest absolute Gasteiger partial charge is 0.756 e. The van der Waals surface area contributed by atoms with Crippen molar-refractivity contribution in [1.29, 1.82) is 0 Å². The van der Waals surface area contributed by atoms with Gasteiger partial charge in [-0.3, -0.25) is 14.2 Å². The monoisotopic (exact) mass is 1130 g/mol. The third kappa shape index (κ3) is 62.6. The molecule has 0 aromatic carbocycles. The number of ether oxygens (including phenoxy) is 2. The van der Waals surface area contributed by atoms with Crippen molar-refractivity contribution < 1.29 is 42.1 Å². The molecule has 0 rings (SSSR count). The molecule has 0 saturated carbocycles. The second-order valence-corrected chi connectivity index (χ2v) is 22.4. The lowest BCUT2D eigenvalue weighted by Gasteiger charge is -2.28. The van der Waals surface area contributed by atoms with Gasteiger partial charge in [-0.05, 0) is 122 Å². The lowest BCUT2D eigenvalue weighted by Crippen LogP contribution is -2.37. The molecule has 0 heterocycles. The number of nitrogens with zero attached hydrogens (tertiary/aromatic N) is 1. The summed E-state index contributed by atoms with van der Waals surface area (Å²) in [6.07, 6.45) is 90.0. The topological polar surface area (TPSA) is 111 Å². The van der Waals surface area contributed by atoms with Crippen LogP contribution in [0.15, 0.2) is 170 Å². The molecule has 450 valence electrons.